The molecule has 4 atom stereocenters. The van der Waals surface area contributed by atoms with Crippen LogP contribution in [0.4, 0.5) is 5.69 Å². The number of hydrogen-bond acceptors (Lipinski definition) is 5. The Labute approximate surface area is 154 Å². The van der Waals surface area contributed by atoms with Crippen LogP contribution in [0.2, 0.25) is 0 Å². The summed E-state index contributed by atoms with van der Waals surface area (Å²) in [6.07, 6.45) is 2.64. The zero-order chi connectivity index (χ0) is 18.4. The lowest BCUT2D eigenvalue weighted by atomic mass is 9.91. The van der Waals surface area contributed by atoms with E-state index in [2.05, 4.69) is 24.9 Å². The van der Waals surface area contributed by atoms with E-state index in [1.165, 1.54) is 12.7 Å². The fraction of sp³-hybridized carbons (Fsp3) is 0.600. The maximum Gasteiger partial charge on any atom is 0.335 e. The van der Waals surface area contributed by atoms with Crippen molar-refractivity contribution in [1.29, 1.82) is 0 Å². The van der Waals surface area contributed by atoms with Crippen LogP contribution in [0.3, 0.4) is 0 Å². The van der Waals surface area contributed by atoms with E-state index in [-0.39, 0.29) is 30.1 Å². The van der Waals surface area contributed by atoms with Gasteiger partial charge in [-0.15, -0.1) is 0 Å². The first kappa shape index (κ1) is 17.3. The standard InChI is InChI=1S/C20H26N2O4/c1-12-4-7-17-16(11-18(26-17)20(24)25-3)22(12)19(23)14-6-5-13-8-9-21(2)15(13)10-14/h5-6,10,12,16-18H,4,7-9,11H2,1-3H3. The number of fused-ring (bicyclic) bond motifs is 2. The Morgan fingerprint density at radius 3 is 2.85 bits per heavy atom. The Kier molecular flexibility index (Phi) is 4.39. The highest BCUT2D eigenvalue weighted by Gasteiger charge is 2.47. The van der Waals surface area contributed by atoms with E-state index >= 15 is 0 Å². The van der Waals surface area contributed by atoms with Crippen LogP contribution in [0.15, 0.2) is 18.2 Å². The topological polar surface area (TPSA) is 59.1 Å². The van der Waals surface area contributed by atoms with Crippen molar-refractivity contribution in [2.75, 3.05) is 25.6 Å². The first-order valence-corrected chi connectivity index (χ1v) is 9.39. The monoisotopic (exact) mass is 358 g/mol. The molecule has 0 saturated carbocycles. The highest BCUT2D eigenvalue weighted by molar-refractivity contribution is 5.96. The van der Waals surface area contributed by atoms with Gasteiger partial charge in [-0.05, 0) is 43.9 Å². The van der Waals surface area contributed by atoms with E-state index in [9.17, 15) is 9.59 Å². The van der Waals surface area contributed by atoms with Crippen molar-refractivity contribution >= 4 is 17.6 Å². The molecule has 1 amide bonds. The van der Waals surface area contributed by atoms with Gasteiger partial charge in [0.25, 0.3) is 5.91 Å². The largest absolute Gasteiger partial charge is 0.467 e. The zero-order valence-corrected chi connectivity index (χ0v) is 15.6. The second-order valence-electron chi connectivity index (χ2n) is 7.64. The van der Waals surface area contributed by atoms with Gasteiger partial charge >= 0.3 is 5.97 Å². The summed E-state index contributed by atoms with van der Waals surface area (Å²) in [6.45, 7) is 3.07. The van der Waals surface area contributed by atoms with Crippen LogP contribution in [0, 0.1) is 0 Å². The predicted molar refractivity (Wildman–Crippen MR) is 97.4 cm³/mol. The molecule has 6 nitrogen and oxygen atoms in total. The molecule has 140 valence electrons. The van der Waals surface area contributed by atoms with Gasteiger partial charge in [0.1, 0.15) is 0 Å². The lowest BCUT2D eigenvalue weighted by molar-refractivity contribution is -0.153. The molecule has 2 fully saturated rings. The number of rotatable bonds is 2. The molecule has 1 aromatic rings. The molecule has 0 aliphatic carbocycles. The normalized spacial score (nSPS) is 30.1. The summed E-state index contributed by atoms with van der Waals surface area (Å²) in [5, 5.41) is 0. The first-order valence-electron chi connectivity index (χ1n) is 9.39. The quantitative estimate of drug-likeness (QED) is 0.757. The summed E-state index contributed by atoms with van der Waals surface area (Å²) in [5.74, 6) is -0.317. The molecule has 3 heterocycles. The number of nitrogens with zero attached hydrogens (tertiary/aromatic N) is 2. The van der Waals surface area contributed by atoms with Crippen molar-refractivity contribution in [3.63, 3.8) is 0 Å². The van der Waals surface area contributed by atoms with Gasteiger partial charge in [-0.25, -0.2) is 4.79 Å². The van der Waals surface area contributed by atoms with Crippen molar-refractivity contribution in [1.82, 2.24) is 4.90 Å². The van der Waals surface area contributed by atoms with Crippen molar-refractivity contribution in [2.45, 2.75) is 56.9 Å². The van der Waals surface area contributed by atoms with Crippen molar-refractivity contribution in [3.8, 4) is 0 Å². The molecular formula is C20H26N2O4. The van der Waals surface area contributed by atoms with Crippen LogP contribution >= 0.6 is 0 Å². The third kappa shape index (κ3) is 2.76. The van der Waals surface area contributed by atoms with E-state index in [0.29, 0.717) is 12.0 Å². The average molecular weight is 358 g/mol. The highest BCUT2D eigenvalue weighted by Crippen LogP contribution is 2.37. The van der Waals surface area contributed by atoms with Crippen LogP contribution in [-0.4, -0.2) is 61.8 Å². The molecule has 0 aromatic heterocycles. The number of amides is 1. The Balaban J connectivity index is 1.60. The molecule has 2 saturated heterocycles. The Hall–Kier alpha value is -2.08. The van der Waals surface area contributed by atoms with Crippen LogP contribution < -0.4 is 4.90 Å². The van der Waals surface area contributed by atoms with Gasteiger partial charge in [-0.2, -0.15) is 0 Å². The Bertz CT molecular complexity index is 735. The summed E-state index contributed by atoms with van der Waals surface area (Å²) < 4.78 is 10.7. The van der Waals surface area contributed by atoms with Gasteiger partial charge in [0.2, 0.25) is 0 Å². The maximum absolute atomic E-state index is 13.3. The molecular weight excluding hydrogens is 332 g/mol. The van der Waals surface area contributed by atoms with Crippen LogP contribution in [0.1, 0.15) is 42.1 Å². The van der Waals surface area contributed by atoms with Gasteiger partial charge in [0, 0.05) is 37.3 Å². The zero-order valence-electron chi connectivity index (χ0n) is 15.6. The van der Waals surface area contributed by atoms with Crippen molar-refractivity contribution in [3.05, 3.63) is 29.3 Å². The minimum absolute atomic E-state index is 0.0319. The second-order valence-corrected chi connectivity index (χ2v) is 7.64. The van der Waals surface area contributed by atoms with Gasteiger partial charge in [-0.3, -0.25) is 4.79 Å². The summed E-state index contributed by atoms with van der Waals surface area (Å²) in [7, 11) is 3.44. The fourth-order valence-corrected chi connectivity index (χ4v) is 4.61. The van der Waals surface area contributed by atoms with Gasteiger partial charge in [-0.1, -0.05) is 6.07 Å². The molecule has 1 aromatic carbocycles. The molecule has 0 N–H and O–H groups in total. The molecule has 6 heteroatoms. The summed E-state index contributed by atoms with van der Waals surface area (Å²) in [4.78, 5) is 29.4. The predicted octanol–water partition coefficient (Wildman–Crippen LogP) is 2.00. The molecule has 0 spiro atoms. The second kappa shape index (κ2) is 6.58. The third-order valence-corrected chi connectivity index (χ3v) is 6.08. The van der Waals surface area contributed by atoms with E-state index in [0.717, 1.165) is 31.5 Å². The summed E-state index contributed by atoms with van der Waals surface area (Å²) in [5.41, 5.74) is 3.15. The van der Waals surface area contributed by atoms with E-state index < -0.39 is 6.10 Å². The summed E-state index contributed by atoms with van der Waals surface area (Å²) in [6, 6.07) is 6.08. The molecule has 4 rings (SSSR count). The first-order chi connectivity index (χ1) is 12.5. The fourth-order valence-electron chi connectivity index (χ4n) is 4.61. The minimum atomic E-state index is -0.568. The van der Waals surface area contributed by atoms with E-state index in [1.54, 1.807) is 0 Å². The average Bonchev–Trinajstić information content (AvgIpc) is 3.24. The molecule has 3 aliphatic heterocycles. The number of hydrogen-bond donors (Lipinski definition) is 0. The molecule has 3 aliphatic rings. The van der Waals surface area contributed by atoms with Gasteiger partial charge < -0.3 is 19.3 Å². The number of anilines is 1. The Morgan fingerprint density at radius 1 is 1.27 bits per heavy atom. The lowest BCUT2D eigenvalue weighted by Crippen LogP contribution is -2.53. The van der Waals surface area contributed by atoms with Crippen molar-refractivity contribution < 1.29 is 19.1 Å². The SMILES string of the molecule is COC(=O)C1CC2C(CCC(C)N2C(=O)c2ccc3c(c2)N(C)CC3)O1. The lowest BCUT2D eigenvalue weighted by Gasteiger charge is -2.41. The maximum atomic E-state index is 13.3. The number of methoxy groups -OCH3 is 1. The number of likely N-dealkylation sites (tertiary alicyclic amines) is 1. The summed E-state index contributed by atoms with van der Waals surface area (Å²) >= 11 is 0. The van der Waals surface area contributed by atoms with Crippen LogP contribution in [-0.2, 0) is 20.7 Å². The minimum Gasteiger partial charge on any atom is -0.467 e. The molecule has 0 bridgehead atoms. The van der Waals surface area contributed by atoms with Gasteiger partial charge in [0.05, 0.1) is 19.3 Å². The molecule has 4 unspecified atom stereocenters. The number of esters is 1. The van der Waals surface area contributed by atoms with E-state index in [4.69, 9.17) is 9.47 Å². The molecule has 0 radical (unpaired) electrons. The molecule has 26 heavy (non-hydrogen) atoms. The Morgan fingerprint density at radius 2 is 2.08 bits per heavy atom. The number of benzene rings is 1. The van der Waals surface area contributed by atoms with Gasteiger partial charge in [0.15, 0.2) is 6.10 Å². The highest BCUT2D eigenvalue weighted by atomic mass is 16.6. The number of ether oxygens (including phenoxy) is 2. The van der Waals surface area contributed by atoms with E-state index in [1.807, 2.05) is 17.0 Å². The third-order valence-electron chi connectivity index (χ3n) is 6.08. The number of likely N-dealkylation sites (N-methyl/N-ethyl adjacent to an activating group) is 1. The van der Waals surface area contributed by atoms with Crippen LogP contribution in [0.5, 0.6) is 0 Å². The smallest absolute Gasteiger partial charge is 0.335 e. The van der Waals surface area contributed by atoms with Crippen LogP contribution in [0.25, 0.3) is 0 Å². The number of carbonyl (C=O) groups is 2. The number of piperidine rings is 1. The number of carbonyl (C=O) groups excluding carboxylic acids is 2. The van der Waals surface area contributed by atoms with Crippen molar-refractivity contribution in [2.24, 2.45) is 0 Å².